The molecule has 1 N–H and O–H groups in total. The molecule has 7 heteroatoms. The predicted octanol–water partition coefficient (Wildman–Crippen LogP) is 4.43. The number of carbonyl (C=O) groups is 1. The number of ether oxygens (including phenoxy) is 1. The van der Waals surface area contributed by atoms with Crippen LogP contribution in [0.15, 0.2) is 58.5 Å². The van der Waals surface area contributed by atoms with Crippen molar-refractivity contribution in [2.75, 3.05) is 12.9 Å². The molecule has 3 aromatic rings. The zero-order chi connectivity index (χ0) is 22.7. The molecule has 0 aliphatic heterocycles. The van der Waals surface area contributed by atoms with Crippen LogP contribution in [0.2, 0.25) is 0 Å². The molecule has 1 fully saturated rings. The average Bonchev–Trinajstić information content (AvgIpc) is 2.81. The summed E-state index contributed by atoms with van der Waals surface area (Å²) >= 11 is 1.27. The topological polar surface area (TPSA) is 73.2 Å². The molecule has 1 aliphatic carbocycles. The normalized spacial score (nSPS) is 20.8. The van der Waals surface area contributed by atoms with E-state index in [0.717, 1.165) is 12.8 Å². The first-order valence-corrected chi connectivity index (χ1v) is 12.1. The van der Waals surface area contributed by atoms with Crippen LogP contribution in [0, 0.1) is 11.8 Å². The number of nitrogens with one attached hydrogen (secondary N) is 1. The van der Waals surface area contributed by atoms with E-state index in [9.17, 15) is 9.59 Å². The van der Waals surface area contributed by atoms with E-state index in [4.69, 9.17) is 9.72 Å². The quantitative estimate of drug-likeness (QED) is 0.443. The summed E-state index contributed by atoms with van der Waals surface area (Å²) in [4.78, 5) is 30.9. The number of amides is 1. The van der Waals surface area contributed by atoms with Gasteiger partial charge in [0.25, 0.3) is 5.56 Å². The number of rotatable bonds is 6. The molecule has 2 aromatic carbocycles. The Hall–Kier alpha value is -2.80. The third-order valence-electron chi connectivity index (χ3n) is 6.46. The van der Waals surface area contributed by atoms with Crippen LogP contribution in [0.5, 0.6) is 5.75 Å². The highest BCUT2D eigenvalue weighted by Gasteiger charge is 2.28. The number of methoxy groups -OCH3 is 1. The summed E-state index contributed by atoms with van der Waals surface area (Å²) in [5.74, 6) is 1.80. The van der Waals surface area contributed by atoms with Crippen LogP contribution < -0.4 is 15.6 Å². The molecule has 32 heavy (non-hydrogen) atoms. The van der Waals surface area contributed by atoms with E-state index < -0.39 is 0 Å². The standard InChI is InChI=1S/C25H29N3O3S/c1-16-9-8-12-19(17(16)2)26-23(29)15-32-25-27-20-11-5-4-10-18(20)24(30)28(25)21-13-6-7-14-22(21)31-3/h4-7,10-11,13-14,16-17,19H,8-9,12,15H2,1-3H3,(H,26,29)/t16-,17-,19-/m0/s1. The summed E-state index contributed by atoms with van der Waals surface area (Å²) in [6.45, 7) is 4.47. The summed E-state index contributed by atoms with van der Waals surface area (Å²) in [6, 6.07) is 14.8. The smallest absolute Gasteiger partial charge is 0.266 e. The lowest BCUT2D eigenvalue weighted by molar-refractivity contribution is -0.120. The van der Waals surface area contributed by atoms with Crippen LogP contribution in [-0.2, 0) is 4.79 Å². The molecule has 1 aromatic heterocycles. The molecule has 1 amide bonds. The molecular weight excluding hydrogens is 422 g/mol. The maximum absolute atomic E-state index is 13.4. The number of hydrogen-bond acceptors (Lipinski definition) is 5. The summed E-state index contributed by atoms with van der Waals surface area (Å²) in [6.07, 6.45) is 3.37. The van der Waals surface area contributed by atoms with Gasteiger partial charge in [0.05, 0.1) is 29.5 Å². The maximum atomic E-state index is 13.4. The van der Waals surface area contributed by atoms with Crippen LogP contribution in [-0.4, -0.2) is 34.4 Å². The predicted molar refractivity (Wildman–Crippen MR) is 129 cm³/mol. The Bertz CT molecular complexity index is 1180. The number of nitrogens with zero attached hydrogens (tertiary/aromatic N) is 2. The van der Waals surface area contributed by atoms with Gasteiger partial charge in [0.15, 0.2) is 5.16 Å². The molecule has 0 saturated heterocycles. The minimum absolute atomic E-state index is 0.0325. The van der Waals surface area contributed by atoms with Gasteiger partial charge in [0, 0.05) is 6.04 Å². The summed E-state index contributed by atoms with van der Waals surface area (Å²) in [5.41, 5.74) is 1.04. The number of thioether (sulfide) groups is 1. The fourth-order valence-corrected chi connectivity index (χ4v) is 5.22. The molecule has 1 saturated carbocycles. The van der Waals surface area contributed by atoms with Gasteiger partial charge in [0.2, 0.25) is 5.91 Å². The van der Waals surface area contributed by atoms with Crippen LogP contribution in [0.3, 0.4) is 0 Å². The van der Waals surface area contributed by atoms with Gasteiger partial charge >= 0.3 is 0 Å². The molecule has 1 heterocycles. The Morgan fingerprint density at radius 1 is 1.16 bits per heavy atom. The lowest BCUT2D eigenvalue weighted by Gasteiger charge is -2.34. The van der Waals surface area contributed by atoms with Crippen molar-refractivity contribution in [1.82, 2.24) is 14.9 Å². The minimum atomic E-state index is -0.183. The first-order valence-electron chi connectivity index (χ1n) is 11.1. The zero-order valence-electron chi connectivity index (χ0n) is 18.7. The van der Waals surface area contributed by atoms with E-state index in [1.165, 1.54) is 18.2 Å². The highest BCUT2D eigenvalue weighted by atomic mass is 32.2. The van der Waals surface area contributed by atoms with Crippen LogP contribution in [0.1, 0.15) is 33.1 Å². The Labute approximate surface area is 192 Å². The highest BCUT2D eigenvalue weighted by Crippen LogP contribution is 2.30. The number of aromatic nitrogens is 2. The summed E-state index contributed by atoms with van der Waals surface area (Å²) < 4.78 is 7.04. The van der Waals surface area contributed by atoms with Crippen molar-refractivity contribution in [2.24, 2.45) is 11.8 Å². The Morgan fingerprint density at radius 2 is 1.91 bits per heavy atom. The summed E-state index contributed by atoms with van der Waals surface area (Å²) in [5, 5.41) is 4.20. The zero-order valence-corrected chi connectivity index (χ0v) is 19.5. The van der Waals surface area contributed by atoms with Crippen molar-refractivity contribution in [2.45, 2.75) is 44.3 Å². The third kappa shape index (κ3) is 4.53. The van der Waals surface area contributed by atoms with Gasteiger partial charge in [0.1, 0.15) is 5.75 Å². The van der Waals surface area contributed by atoms with Crippen molar-refractivity contribution in [3.63, 3.8) is 0 Å². The van der Waals surface area contributed by atoms with Crippen molar-refractivity contribution >= 4 is 28.6 Å². The number of hydrogen-bond donors (Lipinski definition) is 1. The monoisotopic (exact) mass is 451 g/mol. The second kappa shape index (κ2) is 9.77. The van der Waals surface area contributed by atoms with Crippen LogP contribution >= 0.6 is 11.8 Å². The van der Waals surface area contributed by atoms with Gasteiger partial charge in [-0.2, -0.15) is 0 Å². The van der Waals surface area contributed by atoms with E-state index >= 15 is 0 Å². The van der Waals surface area contributed by atoms with Gasteiger partial charge in [-0.05, 0) is 42.5 Å². The summed E-state index contributed by atoms with van der Waals surface area (Å²) in [7, 11) is 1.57. The SMILES string of the molecule is COc1ccccc1-n1c(SCC(=O)N[C@H]2CCC[C@H](C)[C@@H]2C)nc2ccccc2c1=O. The fraction of sp³-hybridized carbons (Fsp3) is 0.400. The van der Waals surface area contributed by atoms with Gasteiger partial charge in [-0.1, -0.05) is 62.7 Å². The Morgan fingerprint density at radius 3 is 2.72 bits per heavy atom. The van der Waals surface area contributed by atoms with Gasteiger partial charge in [-0.15, -0.1) is 0 Å². The molecule has 0 spiro atoms. The van der Waals surface area contributed by atoms with Crippen molar-refractivity contribution < 1.29 is 9.53 Å². The Kier molecular flexibility index (Phi) is 6.84. The lowest BCUT2D eigenvalue weighted by Crippen LogP contribution is -2.44. The number of fused-ring (bicyclic) bond motifs is 1. The molecule has 4 rings (SSSR count). The first-order chi connectivity index (χ1) is 15.5. The average molecular weight is 452 g/mol. The molecule has 6 nitrogen and oxygen atoms in total. The number of benzene rings is 2. The van der Waals surface area contributed by atoms with E-state index in [0.29, 0.717) is 39.3 Å². The van der Waals surface area contributed by atoms with E-state index in [2.05, 4.69) is 19.2 Å². The molecule has 0 unspecified atom stereocenters. The van der Waals surface area contributed by atoms with Crippen LogP contribution in [0.4, 0.5) is 0 Å². The van der Waals surface area contributed by atoms with Crippen LogP contribution in [0.25, 0.3) is 16.6 Å². The molecule has 0 radical (unpaired) electrons. The second-order valence-corrected chi connectivity index (χ2v) is 9.40. The second-order valence-electron chi connectivity index (χ2n) is 8.45. The first kappa shape index (κ1) is 22.4. The molecule has 1 aliphatic rings. The molecule has 0 bridgehead atoms. The van der Waals surface area contributed by atoms with Gasteiger partial charge in [-0.25, -0.2) is 4.98 Å². The highest BCUT2D eigenvalue weighted by molar-refractivity contribution is 7.99. The number of para-hydroxylation sites is 3. The van der Waals surface area contributed by atoms with E-state index in [1.54, 1.807) is 17.7 Å². The Balaban J connectivity index is 1.64. The maximum Gasteiger partial charge on any atom is 0.266 e. The van der Waals surface area contributed by atoms with E-state index in [1.807, 2.05) is 42.5 Å². The molecule has 3 atom stereocenters. The van der Waals surface area contributed by atoms with E-state index in [-0.39, 0.29) is 23.3 Å². The van der Waals surface area contributed by atoms with Crippen molar-refractivity contribution in [3.05, 3.63) is 58.9 Å². The van der Waals surface area contributed by atoms with Gasteiger partial charge < -0.3 is 10.1 Å². The number of carbonyl (C=O) groups excluding carboxylic acids is 1. The largest absolute Gasteiger partial charge is 0.495 e. The molecule has 168 valence electrons. The minimum Gasteiger partial charge on any atom is -0.495 e. The third-order valence-corrected chi connectivity index (χ3v) is 7.40. The molecular formula is C25H29N3O3S. The van der Waals surface area contributed by atoms with Gasteiger partial charge in [-0.3, -0.25) is 14.2 Å². The lowest BCUT2D eigenvalue weighted by atomic mass is 9.78. The van der Waals surface area contributed by atoms with Crippen molar-refractivity contribution in [3.8, 4) is 11.4 Å². The fourth-order valence-electron chi connectivity index (χ4n) is 4.40. The van der Waals surface area contributed by atoms with Crippen molar-refractivity contribution in [1.29, 1.82) is 0 Å².